The van der Waals surface area contributed by atoms with E-state index in [-0.39, 0.29) is 5.89 Å². The van der Waals surface area contributed by atoms with Crippen LogP contribution in [0, 0.1) is 0 Å². The zero-order chi connectivity index (χ0) is 13.2. The van der Waals surface area contributed by atoms with Crippen molar-refractivity contribution < 1.29 is 13.3 Å². The third-order valence-electron chi connectivity index (χ3n) is 2.26. The molecule has 0 fully saturated rings. The summed E-state index contributed by atoms with van der Waals surface area (Å²) < 4.78 is 29.5. The summed E-state index contributed by atoms with van der Waals surface area (Å²) in [4.78, 5) is 12.3. The summed E-state index contributed by atoms with van der Waals surface area (Å²) in [6.45, 7) is 0. The van der Waals surface area contributed by atoms with Gasteiger partial charge in [-0.1, -0.05) is 5.16 Å². The molecule has 8 heteroatoms. The SMILES string of the molecule is FC(F)c1noc(-c2cnc(-c3cccnc3)s2)n1. The van der Waals surface area contributed by atoms with Gasteiger partial charge in [0.15, 0.2) is 0 Å². The lowest BCUT2D eigenvalue weighted by Gasteiger charge is -1.91. The molecule has 5 nitrogen and oxygen atoms in total. The zero-order valence-corrected chi connectivity index (χ0v) is 10.1. The standard InChI is InChI=1S/C11H6F2N4OS/c12-8(13)9-16-10(18-17-9)7-5-15-11(19-7)6-2-1-3-14-4-6/h1-5,8H. The molecule has 3 heterocycles. The van der Waals surface area contributed by atoms with Gasteiger partial charge in [0.2, 0.25) is 5.82 Å². The normalized spacial score (nSPS) is 11.1. The minimum atomic E-state index is -2.75. The lowest BCUT2D eigenvalue weighted by molar-refractivity contribution is 0.136. The fraction of sp³-hybridized carbons (Fsp3) is 0.0909. The van der Waals surface area contributed by atoms with Crippen molar-refractivity contribution in [2.75, 3.05) is 0 Å². The van der Waals surface area contributed by atoms with Crippen LogP contribution in [0.4, 0.5) is 8.78 Å². The molecule has 0 radical (unpaired) electrons. The average molecular weight is 280 g/mol. The number of rotatable bonds is 3. The molecule has 3 aromatic rings. The maximum Gasteiger partial charge on any atom is 0.300 e. The van der Waals surface area contributed by atoms with E-state index in [2.05, 4.69) is 20.1 Å². The van der Waals surface area contributed by atoms with Gasteiger partial charge in [-0.25, -0.2) is 13.8 Å². The van der Waals surface area contributed by atoms with Gasteiger partial charge in [-0.05, 0) is 12.1 Å². The van der Waals surface area contributed by atoms with E-state index < -0.39 is 12.2 Å². The summed E-state index contributed by atoms with van der Waals surface area (Å²) in [7, 11) is 0. The van der Waals surface area contributed by atoms with Crippen molar-refractivity contribution in [1.82, 2.24) is 20.1 Å². The zero-order valence-electron chi connectivity index (χ0n) is 9.33. The molecule has 0 amide bonds. The Morgan fingerprint density at radius 3 is 2.84 bits per heavy atom. The van der Waals surface area contributed by atoms with Crippen LogP contribution in [-0.2, 0) is 0 Å². The van der Waals surface area contributed by atoms with Crippen molar-refractivity contribution in [3.05, 3.63) is 36.5 Å². The second kappa shape index (κ2) is 4.81. The van der Waals surface area contributed by atoms with E-state index in [1.807, 2.05) is 6.07 Å². The highest BCUT2D eigenvalue weighted by atomic mass is 32.1. The van der Waals surface area contributed by atoms with Gasteiger partial charge in [-0.3, -0.25) is 4.98 Å². The van der Waals surface area contributed by atoms with E-state index in [1.54, 1.807) is 18.5 Å². The Morgan fingerprint density at radius 2 is 2.16 bits per heavy atom. The van der Waals surface area contributed by atoms with Crippen molar-refractivity contribution in [3.8, 4) is 21.3 Å². The van der Waals surface area contributed by atoms with E-state index in [4.69, 9.17) is 4.52 Å². The molecule has 0 aliphatic rings. The maximum atomic E-state index is 12.4. The molecule has 0 aliphatic carbocycles. The van der Waals surface area contributed by atoms with Crippen molar-refractivity contribution >= 4 is 11.3 Å². The molecule has 0 atom stereocenters. The summed E-state index contributed by atoms with van der Waals surface area (Å²) in [6, 6.07) is 3.64. The van der Waals surface area contributed by atoms with Crippen molar-refractivity contribution in [3.63, 3.8) is 0 Å². The first-order valence-electron chi connectivity index (χ1n) is 5.22. The van der Waals surface area contributed by atoms with Crippen molar-refractivity contribution in [2.45, 2.75) is 6.43 Å². The Labute approximate surface area is 110 Å². The van der Waals surface area contributed by atoms with Gasteiger partial charge in [0.05, 0.1) is 6.20 Å². The van der Waals surface area contributed by atoms with Crippen molar-refractivity contribution in [2.24, 2.45) is 0 Å². The van der Waals surface area contributed by atoms with Crippen LogP contribution >= 0.6 is 11.3 Å². The first-order valence-corrected chi connectivity index (χ1v) is 6.04. The van der Waals surface area contributed by atoms with Gasteiger partial charge in [0.1, 0.15) is 9.88 Å². The van der Waals surface area contributed by atoms with E-state index in [0.29, 0.717) is 9.88 Å². The summed E-state index contributed by atoms with van der Waals surface area (Å²) >= 11 is 1.27. The predicted octanol–water partition coefficient (Wildman–Crippen LogP) is 3.19. The molecule has 0 aliphatic heterocycles. The van der Waals surface area contributed by atoms with Crippen LogP contribution in [0.2, 0.25) is 0 Å². The number of pyridine rings is 1. The topological polar surface area (TPSA) is 64.7 Å². The fourth-order valence-corrected chi connectivity index (χ4v) is 2.25. The highest BCUT2D eigenvalue weighted by molar-refractivity contribution is 7.18. The number of halogens is 2. The highest BCUT2D eigenvalue weighted by Crippen LogP contribution is 2.31. The van der Waals surface area contributed by atoms with E-state index in [0.717, 1.165) is 5.56 Å². The largest absolute Gasteiger partial charge is 0.333 e. The lowest BCUT2D eigenvalue weighted by Crippen LogP contribution is -1.85. The number of alkyl halides is 2. The Balaban J connectivity index is 1.92. The van der Waals surface area contributed by atoms with Gasteiger partial charge in [0, 0.05) is 18.0 Å². The average Bonchev–Trinajstić information content (AvgIpc) is 3.09. The second-order valence-corrected chi connectivity index (χ2v) is 4.56. The maximum absolute atomic E-state index is 12.4. The second-order valence-electron chi connectivity index (χ2n) is 3.53. The third-order valence-corrected chi connectivity index (χ3v) is 3.30. The molecule has 0 aromatic carbocycles. The smallest absolute Gasteiger partial charge is 0.300 e. The van der Waals surface area contributed by atoms with Gasteiger partial charge >= 0.3 is 6.43 Å². The molecule has 96 valence electrons. The number of thiazole rings is 1. The Bertz CT molecular complexity index is 683. The summed E-state index contributed by atoms with van der Waals surface area (Å²) in [5, 5.41) is 3.91. The molecule has 0 N–H and O–H groups in total. The van der Waals surface area contributed by atoms with Gasteiger partial charge in [-0.2, -0.15) is 4.98 Å². The minimum absolute atomic E-state index is 0.0444. The Morgan fingerprint density at radius 1 is 1.26 bits per heavy atom. The summed E-state index contributed by atoms with van der Waals surface area (Å²) in [6.07, 6.45) is 2.09. The highest BCUT2D eigenvalue weighted by Gasteiger charge is 2.18. The third kappa shape index (κ3) is 2.34. The van der Waals surface area contributed by atoms with Crippen LogP contribution in [0.15, 0.2) is 35.2 Å². The molecular weight excluding hydrogens is 274 g/mol. The van der Waals surface area contributed by atoms with Crippen LogP contribution in [-0.4, -0.2) is 20.1 Å². The lowest BCUT2D eigenvalue weighted by atomic mass is 10.3. The first kappa shape index (κ1) is 11.8. The summed E-state index contributed by atoms with van der Waals surface area (Å²) in [5.41, 5.74) is 0.840. The van der Waals surface area contributed by atoms with E-state index >= 15 is 0 Å². The van der Waals surface area contributed by atoms with Gasteiger partial charge in [0.25, 0.3) is 5.89 Å². The molecule has 3 aromatic heterocycles. The molecular formula is C11H6F2N4OS. The fourth-order valence-electron chi connectivity index (χ4n) is 1.42. The monoisotopic (exact) mass is 280 g/mol. The number of nitrogens with zero attached hydrogens (tertiary/aromatic N) is 4. The molecule has 0 spiro atoms. The Kier molecular flexibility index (Phi) is 3.00. The predicted molar refractivity (Wildman–Crippen MR) is 63.6 cm³/mol. The van der Waals surface area contributed by atoms with Gasteiger partial charge in [-0.15, -0.1) is 11.3 Å². The number of hydrogen-bond acceptors (Lipinski definition) is 6. The minimum Gasteiger partial charge on any atom is -0.333 e. The Hall–Kier alpha value is -2.22. The van der Waals surface area contributed by atoms with Crippen LogP contribution in [0.1, 0.15) is 12.2 Å². The van der Waals surface area contributed by atoms with Crippen LogP contribution in [0.5, 0.6) is 0 Å². The number of hydrogen-bond donors (Lipinski definition) is 0. The molecule has 0 saturated carbocycles. The van der Waals surface area contributed by atoms with Crippen LogP contribution in [0.25, 0.3) is 21.3 Å². The van der Waals surface area contributed by atoms with E-state index in [9.17, 15) is 8.78 Å². The number of aromatic nitrogens is 4. The molecule has 0 unspecified atom stereocenters. The van der Waals surface area contributed by atoms with Crippen LogP contribution in [0.3, 0.4) is 0 Å². The van der Waals surface area contributed by atoms with Gasteiger partial charge < -0.3 is 4.52 Å². The first-order chi connectivity index (χ1) is 9.24. The quantitative estimate of drug-likeness (QED) is 0.737. The summed E-state index contributed by atoms with van der Waals surface area (Å²) in [5.74, 6) is -0.575. The molecule has 3 rings (SSSR count). The molecule has 19 heavy (non-hydrogen) atoms. The molecule has 0 saturated heterocycles. The van der Waals surface area contributed by atoms with E-state index in [1.165, 1.54) is 17.5 Å². The van der Waals surface area contributed by atoms with Crippen LogP contribution < -0.4 is 0 Å². The molecule has 0 bridgehead atoms. The van der Waals surface area contributed by atoms with Crippen molar-refractivity contribution in [1.29, 1.82) is 0 Å².